The molecule has 1 heteroatoms. The van der Waals surface area contributed by atoms with E-state index in [2.05, 4.69) is 83.3 Å². The van der Waals surface area contributed by atoms with Gasteiger partial charge in [-0.05, 0) is 53.3 Å². The molecule has 2 aromatic carbocycles. The van der Waals surface area contributed by atoms with E-state index in [1.54, 1.807) is 0 Å². The first-order valence-electron chi connectivity index (χ1n) is 8.03. The highest BCUT2D eigenvalue weighted by Gasteiger charge is 2.14. The fraction of sp³-hybridized carbons (Fsp3) is 0.227. The Morgan fingerprint density at radius 2 is 1.61 bits per heavy atom. The monoisotopic (exact) mass is 303 g/mol. The van der Waals surface area contributed by atoms with Gasteiger partial charge in [0.1, 0.15) is 0 Å². The Balaban J connectivity index is 0.000000924. The summed E-state index contributed by atoms with van der Waals surface area (Å²) in [4.78, 5) is 4.70. The van der Waals surface area contributed by atoms with E-state index in [-0.39, 0.29) is 0 Å². The quantitative estimate of drug-likeness (QED) is 0.496. The van der Waals surface area contributed by atoms with Crippen LogP contribution in [0.25, 0.3) is 22.0 Å². The molecule has 3 rings (SSSR count). The van der Waals surface area contributed by atoms with Gasteiger partial charge >= 0.3 is 0 Å². The van der Waals surface area contributed by atoms with Crippen molar-refractivity contribution in [1.82, 2.24) is 4.98 Å². The number of nitrogens with zero attached hydrogens (tertiary/aromatic N) is 1. The van der Waals surface area contributed by atoms with Gasteiger partial charge in [-0.25, -0.2) is 0 Å². The minimum absolute atomic E-state index is 0.480. The van der Waals surface area contributed by atoms with Crippen molar-refractivity contribution in [2.24, 2.45) is 0 Å². The Hall–Kier alpha value is -2.41. The van der Waals surface area contributed by atoms with E-state index in [0.29, 0.717) is 5.92 Å². The zero-order valence-electron chi connectivity index (χ0n) is 14.6. The molecule has 1 heterocycles. The molecular weight excluding hydrogens is 278 g/mol. The zero-order valence-corrected chi connectivity index (χ0v) is 14.6. The highest BCUT2D eigenvalue weighted by atomic mass is 14.7. The standard InChI is InChI=1S/C20H21N.C2H4/c1-13(2)17-10-9-16-7-5-6-8-18(16)20(17)19-11-14(3)15(4)12-21-19;1-2/h5-13H,1-4H3;1-2H2. The van der Waals surface area contributed by atoms with Crippen molar-refractivity contribution in [3.05, 3.63) is 78.5 Å². The van der Waals surface area contributed by atoms with Gasteiger partial charge in [-0.2, -0.15) is 0 Å². The highest BCUT2D eigenvalue weighted by molar-refractivity contribution is 5.97. The summed E-state index contributed by atoms with van der Waals surface area (Å²) < 4.78 is 0. The lowest BCUT2D eigenvalue weighted by Gasteiger charge is -2.16. The molecule has 0 atom stereocenters. The molecule has 3 aromatic rings. The van der Waals surface area contributed by atoms with Crippen LogP contribution in [0.5, 0.6) is 0 Å². The Morgan fingerprint density at radius 3 is 2.26 bits per heavy atom. The molecule has 1 aromatic heterocycles. The summed E-state index contributed by atoms with van der Waals surface area (Å²) in [5, 5.41) is 2.57. The fourth-order valence-electron chi connectivity index (χ4n) is 2.82. The van der Waals surface area contributed by atoms with Gasteiger partial charge < -0.3 is 0 Å². The molecule has 0 spiro atoms. The van der Waals surface area contributed by atoms with Gasteiger partial charge in [0, 0.05) is 11.8 Å². The Kier molecular flexibility index (Phi) is 5.33. The maximum atomic E-state index is 4.70. The third kappa shape index (κ3) is 3.34. The topological polar surface area (TPSA) is 12.9 Å². The first-order valence-corrected chi connectivity index (χ1v) is 8.03. The number of aromatic nitrogens is 1. The van der Waals surface area contributed by atoms with Crippen LogP contribution in [0, 0.1) is 13.8 Å². The summed E-state index contributed by atoms with van der Waals surface area (Å²) in [7, 11) is 0. The van der Waals surface area contributed by atoms with Crippen molar-refractivity contribution in [3.8, 4) is 11.3 Å². The number of hydrogen-bond acceptors (Lipinski definition) is 1. The molecule has 0 aliphatic carbocycles. The van der Waals surface area contributed by atoms with Crippen LogP contribution < -0.4 is 0 Å². The first-order chi connectivity index (χ1) is 11.1. The summed E-state index contributed by atoms with van der Waals surface area (Å²) in [6, 6.07) is 15.3. The van der Waals surface area contributed by atoms with Gasteiger partial charge in [-0.1, -0.05) is 50.2 Å². The molecule has 23 heavy (non-hydrogen) atoms. The van der Waals surface area contributed by atoms with Gasteiger partial charge in [0.05, 0.1) is 5.69 Å². The molecule has 0 bridgehead atoms. The van der Waals surface area contributed by atoms with E-state index in [9.17, 15) is 0 Å². The first kappa shape index (κ1) is 17.0. The molecule has 0 amide bonds. The minimum atomic E-state index is 0.480. The van der Waals surface area contributed by atoms with Crippen LogP contribution in [0.2, 0.25) is 0 Å². The molecule has 0 radical (unpaired) electrons. The maximum Gasteiger partial charge on any atom is 0.0713 e. The second-order valence-corrected chi connectivity index (χ2v) is 6.06. The van der Waals surface area contributed by atoms with Gasteiger partial charge in [0.25, 0.3) is 0 Å². The minimum Gasteiger partial charge on any atom is -0.256 e. The number of pyridine rings is 1. The molecule has 0 fully saturated rings. The van der Waals surface area contributed by atoms with Gasteiger partial charge in [0.2, 0.25) is 0 Å². The second kappa shape index (κ2) is 7.23. The molecule has 0 aliphatic heterocycles. The Labute approximate surface area is 139 Å². The third-order valence-electron chi connectivity index (χ3n) is 4.21. The number of benzene rings is 2. The van der Waals surface area contributed by atoms with Crippen LogP contribution >= 0.6 is 0 Å². The summed E-state index contributed by atoms with van der Waals surface area (Å²) in [5.41, 5.74) is 6.27. The molecule has 0 aliphatic rings. The van der Waals surface area contributed by atoms with Gasteiger partial charge in [0.15, 0.2) is 0 Å². The predicted molar refractivity (Wildman–Crippen MR) is 102 cm³/mol. The van der Waals surface area contributed by atoms with Crippen molar-refractivity contribution in [1.29, 1.82) is 0 Å². The molecule has 0 saturated heterocycles. The number of rotatable bonds is 2. The molecule has 0 saturated carbocycles. The molecular formula is C22H25N. The number of aryl methyl sites for hydroxylation is 2. The summed E-state index contributed by atoms with van der Waals surface area (Å²) >= 11 is 0. The van der Waals surface area contributed by atoms with E-state index < -0.39 is 0 Å². The van der Waals surface area contributed by atoms with Crippen LogP contribution in [0.4, 0.5) is 0 Å². The normalized spacial score (nSPS) is 10.5. The summed E-state index contributed by atoms with van der Waals surface area (Å²) in [6.45, 7) is 14.8. The average Bonchev–Trinajstić information content (AvgIpc) is 2.58. The lowest BCUT2D eigenvalue weighted by atomic mass is 9.90. The number of hydrogen-bond donors (Lipinski definition) is 0. The SMILES string of the molecule is C=C.Cc1cnc(-c2c(C(C)C)ccc3ccccc23)cc1C. The zero-order chi connectivity index (χ0) is 17.0. The molecule has 0 N–H and O–H groups in total. The van der Waals surface area contributed by atoms with Crippen LogP contribution in [-0.2, 0) is 0 Å². The van der Waals surface area contributed by atoms with Crippen LogP contribution in [0.3, 0.4) is 0 Å². The van der Waals surface area contributed by atoms with Crippen molar-refractivity contribution < 1.29 is 0 Å². The maximum absolute atomic E-state index is 4.70. The van der Waals surface area contributed by atoms with Crippen molar-refractivity contribution in [3.63, 3.8) is 0 Å². The molecule has 118 valence electrons. The van der Waals surface area contributed by atoms with E-state index in [1.807, 2.05) is 6.20 Å². The summed E-state index contributed by atoms with van der Waals surface area (Å²) in [6.07, 6.45) is 1.98. The summed E-state index contributed by atoms with van der Waals surface area (Å²) in [5.74, 6) is 0.480. The lowest BCUT2D eigenvalue weighted by molar-refractivity contribution is 0.869. The van der Waals surface area contributed by atoms with E-state index >= 15 is 0 Å². The van der Waals surface area contributed by atoms with Crippen LogP contribution in [0.1, 0.15) is 36.5 Å². The Morgan fingerprint density at radius 1 is 0.913 bits per heavy atom. The van der Waals surface area contributed by atoms with Gasteiger partial charge in [-0.3, -0.25) is 4.98 Å². The van der Waals surface area contributed by atoms with Crippen molar-refractivity contribution >= 4 is 10.8 Å². The van der Waals surface area contributed by atoms with Crippen LogP contribution in [0.15, 0.2) is 61.8 Å². The van der Waals surface area contributed by atoms with Crippen molar-refractivity contribution in [2.45, 2.75) is 33.6 Å². The van der Waals surface area contributed by atoms with Crippen LogP contribution in [-0.4, -0.2) is 4.98 Å². The van der Waals surface area contributed by atoms with Gasteiger partial charge in [-0.15, -0.1) is 13.2 Å². The second-order valence-electron chi connectivity index (χ2n) is 6.06. The largest absolute Gasteiger partial charge is 0.256 e. The highest BCUT2D eigenvalue weighted by Crippen LogP contribution is 2.35. The van der Waals surface area contributed by atoms with Crippen molar-refractivity contribution in [2.75, 3.05) is 0 Å². The lowest BCUT2D eigenvalue weighted by Crippen LogP contribution is -1.97. The van der Waals surface area contributed by atoms with E-state index in [1.165, 1.54) is 33.0 Å². The Bertz CT molecular complexity index is 815. The fourth-order valence-corrected chi connectivity index (χ4v) is 2.82. The average molecular weight is 303 g/mol. The van der Waals surface area contributed by atoms with E-state index in [0.717, 1.165) is 5.69 Å². The molecule has 0 unspecified atom stereocenters. The predicted octanol–water partition coefficient (Wildman–Crippen LogP) is 6.44. The molecule has 1 nitrogen and oxygen atoms in total. The third-order valence-corrected chi connectivity index (χ3v) is 4.21. The smallest absolute Gasteiger partial charge is 0.0713 e. The van der Waals surface area contributed by atoms with E-state index in [4.69, 9.17) is 4.98 Å². The number of fused-ring (bicyclic) bond motifs is 1.